The molecule has 0 aromatic rings. The first-order chi connectivity index (χ1) is 7.68. The van der Waals surface area contributed by atoms with E-state index in [9.17, 15) is 26.4 Å². The smallest absolute Gasteiger partial charge is 0.422 e. The number of carbonyl (C=O) groups is 1. The van der Waals surface area contributed by atoms with Gasteiger partial charge in [0, 0.05) is 0 Å². The molecule has 1 aliphatic rings. The minimum atomic E-state index is -4.83. The van der Waals surface area contributed by atoms with Crippen molar-refractivity contribution in [3.8, 4) is 0 Å². The van der Waals surface area contributed by atoms with Gasteiger partial charge >= 0.3 is 22.6 Å². The van der Waals surface area contributed by atoms with E-state index in [4.69, 9.17) is 0 Å². The fraction of sp³-hybridized carbons (Fsp3) is 0.833. The Bertz CT molecular complexity index is 376. The molecule has 0 aromatic heterocycles. The van der Waals surface area contributed by atoms with Crippen molar-refractivity contribution in [3.63, 3.8) is 0 Å². The van der Waals surface area contributed by atoms with Crippen molar-refractivity contribution in [2.45, 2.75) is 12.3 Å². The largest absolute Gasteiger partial charge is 0.446 e. The number of halogens is 3. The molecule has 17 heavy (non-hydrogen) atoms. The molecule has 0 radical (unpaired) electrons. The average Bonchev–Trinajstić information content (AvgIpc) is 2.93. The fourth-order valence-electron chi connectivity index (χ4n) is 0.638. The quantitative estimate of drug-likeness (QED) is 0.708. The zero-order valence-corrected chi connectivity index (χ0v) is 9.01. The van der Waals surface area contributed by atoms with Gasteiger partial charge in [-0.05, 0) is 0 Å². The van der Waals surface area contributed by atoms with Gasteiger partial charge in [0.05, 0.1) is 6.61 Å². The second kappa shape index (κ2) is 5.06. The van der Waals surface area contributed by atoms with Gasteiger partial charge < -0.3 is 9.47 Å². The molecule has 1 aliphatic heterocycles. The highest BCUT2D eigenvalue weighted by Gasteiger charge is 2.32. The van der Waals surface area contributed by atoms with Gasteiger partial charge in [0.1, 0.15) is 12.7 Å². The molecule has 1 heterocycles. The van der Waals surface area contributed by atoms with Gasteiger partial charge in [-0.3, -0.25) is 0 Å². The van der Waals surface area contributed by atoms with E-state index < -0.39 is 29.2 Å². The Morgan fingerprint density at radius 1 is 1.47 bits per heavy atom. The summed E-state index contributed by atoms with van der Waals surface area (Å²) in [5.74, 6) is 0. The van der Waals surface area contributed by atoms with E-state index in [0.29, 0.717) is 6.61 Å². The lowest BCUT2D eigenvalue weighted by Crippen LogP contribution is -2.35. The summed E-state index contributed by atoms with van der Waals surface area (Å²) in [5, 5.41) is 0. The number of epoxide rings is 1. The predicted octanol–water partition coefficient (Wildman–Crippen LogP) is -0.0649. The third-order valence-electron chi connectivity index (χ3n) is 1.39. The van der Waals surface area contributed by atoms with E-state index in [2.05, 4.69) is 13.7 Å². The van der Waals surface area contributed by atoms with Crippen LogP contribution in [-0.4, -0.2) is 46.6 Å². The van der Waals surface area contributed by atoms with Gasteiger partial charge in [-0.1, -0.05) is 0 Å². The van der Waals surface area contributed by atoms with Crippen molar-refractivity contribution in [2.75, 3.05) is 19.8 Å². The second-order valence-electron chi connectivity index (χ2n) is 2.99. The van der Waals surface area contributed by atoms with Crippen molar-refractivity contribution in [1.29, 1.82) is 0 Å². The van der Waals surface area contributed by atoms with E-state index in [0.717, 1.165) is 4.72 Å². The Morgan fingerprint density at radius 2 is 2.06 bits per heavy atom. The Hall–Kier alpha value is -1.07. The minimum absolute atomic E-state index is 0.180. The number of nitrogens with one attached hydrogen (secondary N) is 1. The molecular weight excluding hydrogens is 271 g/mol. The molecule has 11 heteroatoms. The van der Waals surface area contributed by atoms with Crippen LogP contribution in [0.25, 0.3) is 0 Å². The fourth-order valence-corrected chi connectivity index (χ4v) is 1.25. The summed E-state index contributed by atoms with van der Waals surface area (Å²) >= 11 is 0. The van der Waals surface area contributed by atoms with Crippen molar-refractivity contribution >= 4 is 16.4 Å². The summed E-state index contributed by atoms with van der Waals surface area (Å²) in [6.07, 6.45) is -6.54. The van der Waals surface area contributed by atoms with Gasteiger partial charge in [0.15, 0.2) is 6.61 Å². The van der Waals surface area contributed by atoms with Crippen LogP contribution in [0.15, 0.2) is 0 Å². The molecule has 0 bridgehead atoms. The molecule has 0 aliphatic carbocycles. The van der Waals surface area contributed by atoms with E-state index in [1.165, 1.54) is 0 Å². The molecule has 0 spiro atoms. The summed E-state index contributed by atoms with van der Waals surface area (Å²) in [6, 6.07) is 0. The molecule has 7 nitrogen and oxygen atoms in total. The van der Waals surface area contributed by atoms with Crippen LogP contribution < -0.4 is 4.72 Å². The maximum absolute atomic E-state index is 11.6. The van der Waals surface area contributed by atoms with E-state index >= 15 is 0 Å². The number of rotatable bonds is 5. The standard InChI is InChI=1S/C6H8F3NO6S/c7-6(8,9)3-16-17(12,13)10-5(11)15-2-4-1-14-4/h4H,1-3H2,(H,10,11). The summed E-state index contributed by atoms with van der Waals surface area (Å²) in [5.41, 5.74) is 0. The van der Waals surface area contributed by atoms with Crippen LogP contribution in [0.5, 0.6) is 0 Å². The number of alkyl halides is 3. The zero-order valence-electron chi connectivity index (χ0n) is 8.19. The molecule has 1 rings (SSSR count). The van der Waals surface area contributed by atoms with Crippen molar-refractivity contribution in [1.82, 2.24) is 4.72 Å². The van der Waals surface area contributed by atoms with E-state index in [-0.39, 0.29) is 12.7 Å². The number of carbonyl (C=O) groups excluding carboxylic acids is 1. The maximum Gasteiger partial charge on any atom is 0.422 e. The molecule has 0 saturated carbocycles. The Labute approximate surface area is 94.1 Å². The zero-order chi connectivity index (χ0) is 13.1. The first-order valence-electron chi connectivity index (χ1n) is 4.20. The molecular formula is C6H8F3NO6S. The molecule has 1 amide bonds. The van der Waals surface area contributed by atoms with Crippen molar-refractivity contribution in [3.05, 3.63) is 0 Å². The lowest BCUT2D eigenvalue weighted by Gasteiger charge is -2.09. The molecule has 1 saturated heterocycles. The van der Waals surface area contributed by atoms with Gasteiger partial charge in [0.2, 0.25) is 0 Å². The Kier molecular flexibility index (Phi) is 4.16. The normalized spacial score (nSPS) is 19.8. The topological polar surface area (TPSA) is 94.2 Å². The van der Waals surface area contributed by atoms with Crippen LogP contribution in [0.2, 0.25) is 0 Å². The molecule has 1 N–H and O–H groups in total. The predicted molar refractivity (Wildman–Crippen MR) is 45.2 cm³/mol. The number of ether oxygens (including phenoxy) is 2. The molecule has 1 unspecified atom stereocenters. The summed E-state index contributed by atoms with van der Waals surface area (Å²) < 4.78 is 70.1. The molecule has 1 fully saturated rings. The first-order valence-corrected chi connectivity index (χ1v) is 5.61. The lowest BCUT2D eigenvalue weighted by atomic mass is 10.5. The van der Waals surface area contributed by atoms with Gasteiger partial charge in [-0.15, -0.1) is 0 Å². The van der Waals surface area contributed by atoms with Crippen molar-refractivity contribution < 1.29 is 40.0 Å². The van der Waals surface area contributed by atoms with Gasteiger partial charge in [0.25, 0.3) is 0 Å². The highest BCUT2D eigenvalue weighted by Crippen LogP contribution is 2.15. The molecule has 100 valence electrons. The third-order valence-corrected chi connectivity index (χ3v) is 2.23. The summed E-state index contributed by atoms with van der Waals surface area (Å²) in [6.45, 7) is -1.83. The molecule has 0 aromatic carbocycles. The number of amides is 1. The van der Waals surface area contributed by atoms with Crippen molar-refractivity contribution in [2.24, 2.45) is 0 Å². The van der Waals surface area contributed by atoms with Crippen LogP contribution >= 0.6 is 0 Å². The highest BCUT2D eigenvalue weighted by molar-refractivity contribution is 7.85. The first kappa shape index (κ1) is 14.0. The van der Waals surface area contributed by atoms with Crippen LogP contribution in [-0.2, 0) is 24.0 Å². The van der Waals surface area contributed by atoms with E-state index in [1.54, 1.807) is 0 Å². The van der Waals surface area contributed by atoms with E-state index in [1.807, 2.05) is 0 Å². The Balaban J connectivity index is 2.29. The van der Waals surface area contributed by atoms with Gasteiger partial charge in [-0.25, -0.2) is 8.98 Å². The minimum Gasteiger partial charge on any atom is -0.446 e. The maximum atomic E-state index is 11.6. The number of hydrogen-bond donors (Lipinski definition) is 1. The summed E-state index contributed by atoms with van der Waals surface area (Å²) in [7, 11) is -4.83. The highest BCUT2D eigenvalue weighted by atomic mass is 32.2. The SMILES string of the molecule is O=C(NS(=O)(=O)OCC(F)(F)F)OCC1CO1. The van der Waals surface area contributed by atoms with Gasteiger partial charge in [-0.2, -0.15) is 26.3 Å². The van der Waals surface area contributed by atoms with Crippen LogP contribution in [0, 0.1) is 0 Å². The Morgan fingerprint density at radius 3 is 2.53 bits per heavy atom. The lowest BCUT2D eigenvalue weighted by molar-refractivity contribution is -0.152. The van der Waals surface area contributed by atoms with Crippen LogP contribution in [0.3, 0.4) is 0 Å². The third kappa shape index (κ3) is 6.97. The monoisotopic (exact) mass is 279 g/mol. The summed E-state index contributed by atoms with van der Waals surface area (Å²) in [4.78, 5) is 10.8. The number of hydrogen-bond acceptors (Lipinski definition) is 6. The average molecular weight is 279 g/mol. The van der Waals surface area contributed by atoms with Crippen LogP contribution in [0.1, 0.15) is 0 Å². The molecule has 1 atom stereocenters. The van der Waals surface area contributed by atoms with Crippen LogP contribution in [0.4, 0.5) is 18.0 Å². The second-order valence-corrected chi connectivity index (χ2v) is 4.34.